The van der Waals surface area contributed by atoms with Gasteiger partial charge in [0.1, 0.15) is 0 Å². The van der Waals surface area contributed by atoms with Gasteiger partial charge in [0.2, 0.25) is 0 Å². The number of unbranched alkanes of at least 4 members (excludes halogenated alkanes) is 2. The molecule has 1 atom stereocenters. The second-order valence-corrected chi connectivity index (χ2v) is 5.83. The highest BCUT2D eigenvalue weighted by Gasteiger charge is 2.25. The minimum atomic E-state index is -0.0553. The Labute approximate surface area is 120 Å². The van der Waals surface area contributed by atoms with Crippen molar-refractivity contribution in [3.8, 4) is 0 Å². The van der Waals surface area contributed by atoms with Crippen molar-refractivity contribution < 1.29 is 5.11 Å². The summed E-state index contributed by atoms with van der Waals surface area (Å²) in [5, 5.41) is 13.2. The highest BCUT2D eigenvalue weighted by molar-refractivity contribution is 4.86. The van der Waals surface area contributed by atoms with Gasteiger partial charge in [-0.1, -0.05) is 33.6 Å². The van der Waals surface area contributed by atoms with E-state index >= 15 is 0 Å². The number of aliphatic hydroxyl groups excluding tert-OH is 1. The molecular formula is C16H36N2O. The molecule has 0 saturated carbocycles. The third-order valence-corrected chi connectivity index (χ3v) is 4.07. The van der Waals surface area contributed by atoms with Crippen LogP contribution in [0.4, 0.5) is 0 Å². The van der Waals surface area contributed by atoms with Crippen LogP contribution in [0, 0.1) is 0 Å². The highest BCUT2D eigenvalue weighted by Crippen LogP contribution is 2.17. The van der Waals surface area contributed by atoms with E-state index in [2.05, 4.69) is 38.0 Å². The van der Waals surface area contributed by atoms with E-state index < -0.39 is 0 Å². The second-order valence-electron chi connectivity index (χ2n) is 5.83. The standard InChI is InChI=1S/C16H36N2O/c1-5-8-9-13-18(4)14-10-11-16(7-3,15-19)17-12-6-2/h17,19H,5-15H2,1-4H3. The Kier molecular flexibility index (Phi) is 11.6. The minimum absolute atomic E-state index is 0.0553. The average molecular weight is 272 g/mol. The van der Waals surface area contributed by atoms with Gasteiger partial charge in [0.05, 0.1) is 6.61 Å². The quantitative estimate of drug-likeness (QED) is 0.506. The second kappa shape index (κ2) is 11.7. The SMILES string of the molecule is CCCCCN(C)CCCC(CC)(CO)NCCC. The molecule has 0 aliphatic carbocycles. The Bertz CT molecular complexity index is 193. The van der Waals surface area contributed by atoms with Crippen molar-refractivity contribution in [2.75, 3.05) is 33.3 Å². The molecule has 3 heteroatoms. The molecule has 116 valence electrons. The summed E-state index contributed by atoms with van der Waals surface area (Å²) in [4.78, 5) is 2.42. The molecule has 0 heterocycles. The maximum Gasteiger partial charge on any atom is 0.0613 e. The van der Waals surface area contributed by atoms with E-state index in [9.17, 15) is 5.11 Å². The molecule has 0 spiro atoms. The van der Waals surface area contributed by atoms with E-state index in [1.54, 1.807) is 0 Å². The van der Waals surface area contributed by atoms with Gasteiger partial charge in [0.15, 0.2) is 0 Å². The predicted octanol–water partition coefficient (Wildman–Crippen LogP) is 3.03. The van der Waals surface area contributed by atoms with Crippen LogP contribution < -0.4 is 5.32 Å². The van der Waals surface area contributed by atoms with E-state index in [0.717, 1.165) is 38.8 Å². The van der Waals surface area contributed by atoms with Crippen molar-refractivity contribution in [3.63, 3.8) is 0 Å². The van der Waals surface area contributed by atoms with Crippen LogP contribution in [0.2, 0.25) is 0 Å². The summed E-state index contributed by atoms with van der Waals surface area (Å²) < 4.78 is 0. The van der Waals surface area contributed by atoms with Crippen LogP contribution in [0.3, 0.4) is 0 Å². The van der Waals surface area contributed by atoms with Gasteiger partial charge in [-0.05, 0) is 58.8 Å². The van der Waals surface area contributed by atoms with Crippen LogP contribution in [0.5, 0.6) is 0 Å². The van der Waals surface area contributed by atoms with Crippen molar-refractivity contribution >= 4 is 0 Å². The molecule has 0 aromatic rings. The summed E-state index contributed by atoms with van der Waals surface area (Å²) in [5.41, 5.74) is -0.0553. The van der Waals surface area contributed by atoms with Crippen molar-refractivity contribution in [3.05, 3.63) is 0 Å². The van der Waals surface area contributed by atoms with E-state index in [0.29, 0.717) is 0 Å². The Morgan fingerprint density at radius 3 is 2.21 bits per heavy atom. The van der Waals surface area contributed by atoms with Gasteiger partial charge in [-0.25, -0.2) is 0 Å². The summed E-state index contributed by atoms with van der Waals surface area (Å²) >= 11 is 0. The molecule has 0 aliphatic rings. The molecule has 0 saturated heterocycles. The highest BCUT2D eigenvalue weighted by atomic mass is 16.3. The topological polar surface area (TPSA) is 35.5 Å². The third-order valence-electron chi connectivity index (χ3n) is 4.07. The van der Waals surface area contributed by atoms with Crippen LogP contribution in [0.25, 0.3) is 0 Å². The number of hydrogen-bond acceptors (Lipinski definition) is 3. The molecule has 0 aliphatic heterocycles. The fraction of sp³-hybridized carbons (Fsp3) is 1.00. The molecule has 19 heavy (non-hydrogen) atoms. The Morgan fingerprint density at radius 1 is 1.00 bits per heavy atom. The minimum Gasteiger partial charge on any atom is -0.394 e. The Balaban J connectivity index is 3.91. The number of aliphatic hydroxyl groups is 1. The van der Waals surface area contributed by atoms with Gasteiger partial charge in [-0.15, -0.1) is 0 Å². The first-order valence-corrected chi connectivity index (χ1v) is 8.18. The van der Waals surface area contributed by atoms with Crippen LogP contribution in [-0.4, -0.2) is 48.8 Å². The maximum atomic E-state index is 9.67. The number of rotatable bonds is 13. The Morgan fingerprint density at radius 2 is 1.68 bits per heavy atom. The van der Waals surface area contributed by atoms with Gasteiger partial charge < -0.3 is 15.3 Å². The zero-order valence-electron chi connectivity index (χ0n) is 13.7. The van der Waals surface area contributed by atoms with Crippen LogP contribution >= 0.6 is 0 Å². The number of hydrogen-bond donors (Lipinski definition) is 2. The third kappa shape index (κ3) is 8.61. The van der Waals surface area contributed by atoms with E-state index in [1.165, 1.54) is 25.8 Å². The van der Waals surface area contributed by atoms with Crippen LogP contribution in [-0.2, 0) is 0 Å². The number of nitrogens with zero attached hydrogens (tertiary/aromatic N) is 1. The van der Waals surface area contributed by atoms with Crippen LogP contribution in [0.1, 0.15) is 65.7 Å². The largest absolute Gasteiger partial charge is 0.394 e. The first-order valence-electron chi connectivity index (χ1n) is 8.18. The van der Waals surface area contributed by atoms with Crippen molar-refractivity contribution in [2.45, 2.75) is 71.3 Å². The van der Waals surface area contributed by atoms with Gasteiger partial charge in [0, 0.05) is 5.54 Å². The zero-order chi connectivity index (χ0) is 14.6. The maximum absolute atomic E-state index is 9.67. The first-order chi connectivity index (χ1) is 9.14. The lowest BCUT2D eigenvalue weighted by atomic mass is 9.91. The molecular weight excluding hydrogens is 236 g/mol. The van der Waals surface area contributed by atoms with E-state index in [1.807, 2.05) is 0 Å². The molecule has 1 unspecified atom stereocenters. The van der Waals surface area contributed by atoms with Gasteiger partial charge >= 0.3 is 0 Å². The summed E-state index contributed by atoms with van der Waals surface area (Å²) in [6.07, 6.45) is 8.28. The Hall–Kier alpha value is -0.120. The summed E-state index contributed by atoms with van der Waals surface area (Å²) in [5.74, 6) is 0. The molecule has 0 bridgehead atoms. The lowest BCUT2D eigenvalue weighted by molar-refractivity contribution is 0.140. The smallest absolute Gasteiger partial charge is 0.0613 e. The zero-order valence-corrected chi connectivity index (χ0v) is 13.7. The monoisotopic (exact) mass is 272 g/mol. The fourth-order valence-electron chi connectivity index (χ4n) is 2.46. The molecule has 0 aromatic carbocycles. The summed E-state index contributed by atoms with van der Waals surface area (Å²) in [6.45, 7) is 10.2. The average Bonchev–Trinajstić information content (AvgIpc) is 2.43. The first kappa shape index (κ1) is 18.9. The number of nitrogens with one attached hydrogen (secondary N) is 1. The fourth-order valence-corrected chi connectivity index (χ4v) is 2.46. The lowest BCUT2D eigenvalue weighted by Gasteiger charge is -2.33. The predicted molar refractivity (Wildman–Crippen MR) is 84.7 cm³/mol. The molecule has 0 rings (SSSR count). The van der Waals surface area contributed by atoms with Crippen molar-refractivity contribution in [1.82, 2.24) is 10.2 Å². The molecule has 3 nitrogen and oxygen atoms in total. The molecule has 2 N–H and O–H groups in total. The molecule has 0 radical (unpaired) electrons. The van der Waals surface area contributed by atoms with Gasteiger partial charge in [0.25, 0.3) is 0 Å². The van der Waals surface area contributed by atoms with Crippen LogP contribution in [0.15, 0.2) is 0 Å². The van der Waals surface area contributed by atoms with Gasteiger partial charge in [-0.2, -0.15) is 0 Å². The van der Waals surface area contributed by atoms with Crippen molar-refractivity contribution in [2.24, 2.45) is 0 Å². The van der Waals surface area contributed by atoms with E-state index in [-0.39, 0.29) is 12.1 Å². The lowest BCUT2D eigenvalue weighted by Crippen LogP contribution is -2.48. The van der Waals surface area contributed by atoms with E-state index in [4.69, 9.17) is 0 Å². The van der Waals surface area contributed by atoms with Crippen molar-refractivity contribution in [1.29, 1.82) is 0 Å². The summed E-state index contributed by atoms with van der Waals surface area (Å²) in [6, 6.07) is 0. The summed E-state index contributed by atoms with van der Waals surface area (Å²) in [7, 11) is 2.21. The molecule has 0 amide bonds. The molecule has 0 aromatic heterocycles. The normalized spacial score (nSPS) is 14.8. The molecule has 0 fully saturated rings. The van der Waals surface area contributed by atoms with Gasteiger partial charge in [-0.3, -0.25) is 0 Å².